The monoisotopic (exact) mass is 1270 g/mol. The average molecular weight is 1280 g/mol. The Kier molecular flexibility index (Phi) is 34.2. The lowest BCUT2D eigenvalue weighted by atomic mass is 9.97. The van der Waals surface area contributed by atoms with E-state index in [1.807, 2.05) is 72.7 Å². The number of methoxy groups -OCH3 is 2. The van der Waals surface area contributed by atoms with Crippen molar-refractivity contribution in [2.45, 2.75) is 266 Å². The summed E-state index contributed by atoms with van der Waals surface area (Å²) in [5.74, 6) is -7.66. The Morgan fingerprint density at radius 2 is 0.978 bits per heavy atom. The van der Waals surface area contributed by atoms with Crippen molar-refractivity contribution in [2.24, 2.45) is 23.7 Å². The molecule has 1 heterocycles. The molecule has 3 rings (SSSR count). The highest BCUT2D eigenvalue weighted by molar-refractivity contribution is 5.98. The smallest absolute Gasteiger partial charge is 0.329 e. The molecule has 2 aromatic carbocycles. The van der Waals surface area contributed by atoms with Crippen LogP contribution in [0, 0.1) is 23.7 Å². The van der Waals surface area contributed by atoms with E-state index >= 15 is 0 Å². The quantitative estimate of drug-likeness (QED) is 0.0294. The molecule has 22 nitrogen and oxygen atoms in total. The van der Waals surface area contributed by atoms with Crippen LogP contribution in [-0.2, 0) is 57.4 Å². The van der Waals surface area contributed by atoms with Crippen molar-refractivity contribution >= 4 is 59.2 Å². The van der Waals surface area contributed by atoms with Crippen molar-refractivity contribution in [3.63, 3.8) is 0 Å². The van der Waals surface area contributed by atoms with Gasteiger partial charge < -0.3 is 61.5 Å². The van der Waals surface area contributed by atoms with Gasteiger partial charge in [0.25, 0.3) is 0 Å². The number of amides is 8. The van der Waals surface area contributed by atoms with E-state index < -0.39 is 138 Å². The van der Waals surface area contributed by atoms with Crippen LogP contribution in [0.2, 0.25) is 0 Å². The van der Waals surface area contributed by atoms with Crippen molar-refractivity contribution < 1.29 is 66.9 Å². The van der Waals surface area contributed by atoms with Crippen LogP contribution in [-0.4, -0.2) is 127 Å². The van der Waals surface area contributed by atoms with Crippen LogP contribution in [0.15, 0.2) is 48.5 Å². The summed E-state index contributed by atoms with van der Waals surface area (Å²) in [6.45, 7) is 23.0. The second-order valence-corrected chi connectivity index (χ2v) is 26.6. The molecule has 0 radical (unpaired) electrons. The molecule has 0 aliphatic carbocycles. The zero-order valence-electron chi connectivity index (χ0n) is 57.1. The number of ether oxygens (including phenoxy) is 4. The molecule has 1 aliphatic heterocycles. The number of esters is 2. The first-order chi connectivity index (χ1) is 43.0. The first-order valence-corrected chi connectivity index (χ1v) is 33.1. The molecule has 1 unspecified atom stereocenters. The van der Waals surface area contributed by atoms with Crippen molar-refractivity contribution in [3.8, 4) is 11.5 Å². The van der Waals surface area contributed by atoms with E-state index in [4.69, 9.17) is 18.9 Å². The SMILES string of the molecule is CCCCCCCCCCCC1CC(=O)N[C@@H](CCC(=O)NC(c2ccc(OC)cc2)c2ccc(OC)cc2)C(=O)N[C@@H](CC(C)C)C(=O)N[C@H](CC(C)C)C(=O)N[C@@H](C)C(=O)N[C@@H](CC(=O)OC(C)(C)C)C(=O)N[C@H](CC(C)C)C(=O)N[C@@H]([C@@H](C)CC)C(=O)O1. The number of unbranched alkanes of at least 4 members (excludes halogenated alkanes) is 8. The highest BCUT2D eigenvalue weighted by Crippen LogP contribution is 2.27. The van der Waals surface area contributed by atoms with E-state index in [-0.39, 0.29) is 56.3 Å². The third-order valence-electron chi connectivity index (χ3n) is 15.8. The second-order valence-electron chi connectivity index (χ2n) is 26.6. The molecule has 1 saturated heterocycles. The molecule has 91 heavy (non-hydrogen) atoms. The minimum absolute atomic E-state index is 0.0596. The zero-order chi connectivity index (χ0) is 68.0. The Labute approximate surface area is 541 Å². The Bertz CT molecular complexity index is 2590. The average Bonchev–Trinajstić information content (AvgIpc) is 2.06. The van der Waals surface area contributed by atoms with Crippen LogP contribution < -0.4 is 52.0 Å². The Morgan fingerprint density at radius 1 is 0.549 bits per heavy atom. The minimum Gasteiger partial charge on any atom is -0.497 e. The van der Waals surface area contributed by atoms with Gasteiger partial charge in [-0.3, -0.25) is 43.2 Å². The third kappa shape index (κ3) is 29.3. The van der Waals surface area contributed by atoms with Crippen molar-refractivity contribution in [1.29, 1.82) is 0 Å². The number of cyclic esters (lactones) is 1. The summed E-state index contributed by atoms with van der Waals surface area (Å²) in [6, 6.07) is 4.14. The third-order valence-corrected chi connectivity index (χ3v) is 15.8. The molecule has 22 heteroatoms. The largest absolute Gasteiger partial charge is 0.497 e. The zero-order valence-corrected chi connectivity index (χ0v) is 57.1. The van der Waals surface area contributed by atoms with Crippen LogP contribution in [0.25, 0.3) is 0 Å². The highest BCUT2D eigenvalue weighted by Gasteiger charge is 2.38. The molecule has 2 aromatic rings. The maximum absolute atomic E-state index is 14.9. The van der Waals surface area contributed by atoms with Gasteiger partial charge in [0, 0.05) is 6.42 Å². The maximum atomic E-state index is 14.9. The number of carbonyl (C=O) groups excluding carboxylic acids is 10. The topological polar surface area (TPSA) is 304 Å². The molecule has 8 N–H and O–H groups in total. The van der Waals surface area contributed by atoms with E-state index in [0.29, 0.717) is 24.3 Å². The van der Waals surface area contributed by atoms with Crippen LogP contribution in [0.1, 0.15) is 223 Å². The molecule has 1 aliphatic rings. The minimum atomic E-state index is -1.62. The van der Waals surface area contributed by atoms with Gasteiger partial charge in [-0.15, -0.1) is 0 Å². The lowest BCUT2D eigenvalue weighted by molar-refractivity contribution is -0.158. The van der Waals surface area contributed by atoms with E-state index in [2.05, 4.69) is 49.5 Å². The molecule has 510 valence electrons. The van der Waals surface area contributed by atoms with Gasteiger partial charge in [0.1, 0.15) is 65.5 Å². The molecular weight excluding hydrogens is 1160 g/mol. The summed E-state index contributed by atoms with van der Waals surface area (Å²) in [4.78, 5) is 144. The first kappa shape index (κ1) is 78.0. The number of hydrogen-bond acceptors (Lipinski definition) is 14. The lowest BCUT2D eigenvalue weighted by Gasteiger charge is -2.29. The van der Waals surface area contributed by atoms with Gasteiger partial charge in [-0.2, -0.15) is 0 Å². The lowest BCUT2D eigenvalue weighted by Crippen LogP contribution is -2.60. The van der Waals surface area contributed by atoms with Crippen molar-refractivity contribution in [1.82, 2.24) is 42.5 Å². The Hall–Kier alpha value is -7.26. The number of benzene rings is 2. The molecule has 0 spiro atoms. The summed E-state index contributed by atoms with van der Waals surface area (Å²) in [6.07, 6.45) is 7.07. The standard InChI is InChI=1S/C69H110N8O14/c1-16-18-19-20-21-22-23-24-25-26-51-40-58(79)71-52(35-36-57(78)76-61(47-27-31-49(88-14)32-28-47)48-29-33-50(89-15)34-30-48)63(82)73-54(38-43(5)6)65(84)74-53(37-42(3)4)64(83)70-46(10)62(81)72-56(41-59(80)91-69(11,12)13)66(85)75-55(39-44(7)8)67(86)77-60(45(9)17-2)68(87)90-51/h27-34,42-46,51-56,60-61H,16-26,35-41H2,1-15H3,(H,70,83)(H,71,79)(H,72,81)(H,73,82)(H,74,84)(H,75,85)(H,76,78)(H,77,86)/t45-,46-,51?,52-,53+,54-,55+,56-,60-/m0/s1. The van der Waals surface area contributed by atoms with E-state index in [0.717, 1.165) is 56.1 Å². The molecular formula is C69H110N8O14. The summed E-state index contributed by atoms with van der Waals surface area (Å²) < 4.78 is 22.6. The summed E-state index contributed by atoms with van der Waals surface area (Å²) in [5.41, 5.74) is 0.463. The van der Waals surface area contributed by atoms with Gasteiger partial charge in [0.2, 0.25) is 47.3 Å². The Balaban J connectivity index is 2.22. The van der Waals surface area contributed by atoms with E-state index in [1.165, 1.54) is 13.3 Å². The molecule has 8 amide bonds. The van der Waals surface area contributed by atoms with E-state index in [1.54, 1.807) is 66.2 Å². The number of nitrogens with one attached hydrogen (secondary N) is 8. The predicted molar refractivity (Wildman–Crippen MR) is 349 cm³/mol. The number of carbonyl (C=O) groups is 10. The molecule has 0 bridgehead atoms. The van der Waals surface area contributed by atoms with Crippen LogP contribution in [0.5, 0.6) is 11.5 Å². The fraction of sp³-hybridized carbons (Fsp3) is 0.681. The first-order valence-electron chi connectivity index (χ1n) is 33.1. The number of rotatable bonds is 28. The Morgan fingerprint density at radius 3 is 1.43 bits per heavy atom. The van der Waals surface area contributed by atoms with Gasteiger partial charge in [-0.05, 0) is 125 Å². The van der Waals surface area contributed by atoms with Gasteiger partial charge in [-0.1, -0.05) is 144 Å². The van der Waals surface area contributed by atoms with Crippen LogP contribution >= 0.6 is 0 Å². The van der Waals surface area contributed by atoms with Gasteiger partial charge in [0.05, 0.1) is 33.1 Å². The predicted octanol–water partition coefficient (Wildman–Crippen LogP) is 8.26. The fourth-order valence-electron chi connectivity index (χ4n) is 10.6. The molecule has 0 saturated carbocycles. The van der Waals surface area contributed by atoms with Gasteiger partial charge in [-0.25, -0.2) is 4.79 Å². The number of hydrogen-bond donors (Lipinski definition) is 8. The summed E-state index contributed by atoms with van der Waals surface area (Å²) in [7, 11) is 3.10. The molecule has 1 fully saturated rings. The van der Waals surface area contributed by atoms with E-state index in [9.17, 15) is 47.9 Å². The summed E-state index contributed by atoms with van der Waals surface area (Å²) >= 11 is 0. The fourth-order valence-corrected chi connectivity index (χ4v) is 10.6. The van der Waals surface area contributed by atoms with Gasteiger partial charge >= 0.3 is 11.9 Å². The molecule has 0 aromatic heterocycles. The van der Waals surface area contributed by atoms with Crippen LogP contribution in [0.4, 0.5) is 0 Å². The van der Waals surface area contributed by atoms with Gasteiger partial charge in [0.15, 0.2) is 0 Å². The van der Waals surface area contributed by atoms with Crippen molar-refractivity contribution in [2.75, 3.05) is 14.2 Å². The maximum Gasteiger partial charge on any atom is 0.329 e. The highest BCUT2D eigenvalue weighted by atomic mass is 16.6. The molecule has 9 atom stereocenters. The summed E-state index contributed by atoms with van der Waals surface area (Å²) in [5, 5.41) is 22.3. The van der Waals surface area contributed by atoms with Crippen molar-refractivity contribution in [3.05, 3.63) is 59.7 Å². The van der Waals surface area contributed by atoms with Crippen LogP contribution in [0.3, 0.4) is 0 Å². The normalized spacial score (nSPS) is 21.8. The second kappa shape index (κ2) is 39.9.